The highest BCUT2D eigenvalue weighted by Crippen LogP contribution is 2.15. The Morgan fingerprint density at radius 1 is 1.41 bits per heavy atom. The standard InChI is InChI=1S/C15H25N3O3S/c1-12-13(11-16-17(12)5)7-8-14(19)18(15(2,3)4)9-10-22(6,20)21/h7-8,11H,9-10H2,1-6H3. The first kappa shape index (κ1) is 18.4. The molecule has 0 aliphatic rings. The van der Waals surface area contributed by atoms with Crippen LogP contribution in [0.3, 0.4) is 0 Å². The second-order valence-corrected chi connectivity index (χ2v) is 8.69. The molecular formula is C15H25N3O3S. The molecule has 22 heavy (non-hydrogen) atoms. The molecule has 0 N–H and O–H groups in total. The Balaban J connectivity index is 2.91. The molecule has 1 aromatic heterocycles. The van der Waals surface area contributed by atoms with Crippen LogP contribution in [0.25, 0.3) is 6.08 Å². The quantitative estimate of drug-likeness (QED) is 0.767. The van der Waals surface area contributed by atoms with Crippen molar-refractivity contribution in [3.63, 3.8) is 0 Å². The van der Waals surface area contributed by atoms with Gasteiger partial charge in [-0.05, 0) is 33.8 Å². The summed E-state index contributed by atoms with van der Waals surface area (Å²) < 4.78 is 24.4. The van der Waals surface area contributed by atoms with Gasteiger partial charge in [-0.25, -0.2) is 8.42 Å². The Bertz CT molecular complexity index is 667. The Hall–Kier alpha value is -1.63. The van der Waals surface area contributed by atoms with Gasteiger partial charge in [0, 0.05) is 42.7 Å². The second-order valence-electron chi connectivity index (χ2n) is 6.43. The number of sulfone groups is 1. The summed E-state index contributed by atoms with van der Waals surface area (Å²) in [4.78, 5) is 14.0. The molecule has 0 saturated carbocycles. The molecule has 1 rings (SSSR count). The fourth-order valence-corrected chi connectivity index (χ4v) is 2.48. The average molecular weight is 327 g/mol. The lowest BCUT2D eigenvalue weighted by molar-refractivity contribution is -0.130. The first-order chi connectivity index (χ1) is 9.92. The van der Waals surface area contributed by atoms with Gasteiger partial charge in [-0.2, -0.15) is 5.10 Å². The highest BCUT2D eigenvalue weighted by Gasteiger charge is 2.25. The summed E-state index contributed by atoms with van der Waals surface area (Å²) >= 11 is 0. The normalized spacial score (nSPS) is 12.8. The van der Waals surface area contributed by atoms with Gasteiger partial charge in [0.1, 0.15) is 9.84 Å². The van der Waals surface area contributed by atoms with Crippen LogP contribution in [0.2, 0.25) is 0 Å². The number of nitrogens with zero attached hydrogens (tertiary/aromatic N) is 3. The molecule has 7 heteroatoms. The number of aryl methyl sites for hydroxylation is 1. The Morgan fingerprint density at radius 2 is 2.00 bits per heavy atom. The lowest BCUT2D eigenvalue weighted by atomic mass is 10.1. The van der Waals surface area contributed by atoms with Gasteiger partial charge in [0.05, 0.1) is 11.9 Å². The van der Waals surface area contributed by atoms with E-state index in [2.05, 4.69) is 5.10 Å². The number of amides is 1. The molecule has 0 unspecified atom stereocenters. The molecule has 0 aliphatic heterocycles. The Labute approximate surface area is 132 Å². The fourth-order valence-electron chi connectivity index (χ4n) is 1.96. The largest absolute Gasteiger partial charge is 0.333 e. The maximum atomic E-state index is 12.4. The number of hydrogen-bond acceptors (Lipinski definition) is 4. The smallest absolute Gasteiger partial charge is 0.247 e. The summed E-state index contributed by atoms with van der Waals surface area (Å²) in [6.07, 6.45) is 6.05. The Morgan fingerprint density at radius 3 is 2.41 bits per heavy atom. The third-order valence-corrected chi connectivity index (χ3v) is 4.36. The van der Waals surface area contributed by atoms with E-state index in [1.54, 1.807) is 21.9 Å². The zero-order valence-electron chi connectivity index (χ0n) is 14.1. The molecule has 0 fully saturated rings. The first-order valence-corrected chi connectivity index (χ1v) is 9.14. The van der Waals surface area contributed by atoms with Gasteiger partial charge in [0.2, 0.25) is 5.91 Å². The molecule has 6 nitrogen and oxygen atoms in total. The van der Waals surface area contributed by atoms with Crippen molar-refractivity contribution >= 4 is 21.8 Å². The molecule has 0 atom stereocenters. The van der Waals surface area contributed by atoms with Gasteiger partial charge in [-0.3, -0.25) is 9.48 Å². The molecule has 0 radical (unpaired) electrons. The Kier molecular flexibility index (Phi) is 5.56. The monoisotopic (exact) mass is 327 g/mol. The van der Waals surface area contributed by atoms with Crippen molar-refractivity contribution in [2.24, 2.45) is 7.05 Å². The molecule has 0 aromatic carbocycles. The van der Waals surface area contributed by atoms with Crippen LogP contribution in [-0.4, -0.2) is 53.1 Å². The van der Waals surface area contributed by atoms with E-state index in [0.717, 1.165) is 11.3 Å². The predicted molar refractivity (Wildman–Crippen MR) is 88.2 cm³/mol. The third-order valence-electron chi connectivity index (χ3n) is 3.44. The number of aromatic nitrogens is 2. The van der Waals surface area contributed by atoms with Crippen LogP contribution in [0.4, 0.5) is 0 Å². The minimum absolute atomic E-state index is 0.0459. The van der Waals surface area contributed by atoms with E-state index < -0.39 is 15.4 Å². The predicted octanol–water partition coefficient (Wildman–Crippen LogP) is 1.41. The molecule has 0 aliphatic carbocycles. The van der Waals surface area contributed by atoms with E-state index in [1.165, 1.54) is 12.3 Å². The summed E-state index contributed by atoms with van der Waals surface area (Å²) in [5, 5.41) is 4.12. The fraction of sp³-hybridized carbons (Fsp3) is 0.600. The lowest BCUT2D eigenvalue weighted by Gasteiger charge is -2.34. The van der Waals surface area contributed by atoms with Crippen molar-refractivity contribution in [2.75, 3.05) is 18.6 Å². The molecule has 0 bridgehead atoms. The maximum Gasteiger partial charge on any atom is 0.247 e. The van der Waals surface area contributed by atoms with Crippen LogP contribution in [-0.2, 0) is 21.7 Å². The topological polar surface area (TPSA) is 72.3 Å². The summed E-state index contributed by atoms with van der Waals surface area (Å²) in [6, 6.07) is 0. The van der Waals surface area contributed by atoms with Crippen molar-refractivity contribution in [3.05, 3.63) is 23.5 Å². The van der Waals surface area contributed by atoms with Crippen LogP contribution in [0, 0.1) is 6.92 Å². The van der Waals surface area contributed by atoms with E-state index in [9.17, 15) is 13.2 Å². The summed E-state index contributed by atoms with van der Waals surface area (Å²) in [6.45, 7) is 7.75. The van der Waals surface area contributed by atoms with Crippen molar-refractivity contribution < 1.29 is 13.2 Å². The SMILES string of the molecule is Cc1c(C=CC(=O)N(CCS(C)(=O)=O)C(C)(C)C)cnn1C. The van der Waals surface area contributed by atoms with Crippen molar-refractivity contribution in [3.8, 4) is 0 Å². The minimum atomic E-state index is -3.11. The van der Waals surface area contributed by atoms with E-state index in [4.69, 9.17) is 0 Å². The number of carbonyl (C=O) groups excluding carboxylic acids is 1. The molecule has 1 heterocycles. The van der Waals surface area contributed by atoms with Crippen LogP contribution in [0.5, 0.6) is 0 Å². The van der Waals surface area contributed by atoms with Crippen LogP contribution in [0.15, 0.2) is 12.3 Å². The molecular weight excluding hydrogens is 302 g/mol. The first-order valence-electron chi connectivity index (χ1n) is 7.08. The average Bonchev–Trinajstić information content (AvgIpc) is 2.64. The number of hydrogen-bond donors (Lipinski definition) is 0. The van der Waals surface area contributed by atoms with E-state index in [1.807, 2.05) is 34.7 Å². The second kappa shape index (κ2) is 6.64. The molecule has 1 amide bonds. The number of rotatable bonds is 5. The summed E-state index contributed by atoms with van der Waals surface area (Å²) in [5.74, 6) is -0.255. The van der Waals surface area contributed by atoms with Gasteiger partial charge in [0.15, 0.2) is 0 Å². The van der Waals surface area contributed by atoms with Gasteiger partial charge in [-0.15, -0.1) is 0 Å². The van der Waals surface area contributed by atoms with E-state index in [-0.39, 0.29) is 18.2 Å². The van der Waals surface area contributed by atoms with Crippen LogP contribution < -0.4 is 0 Å². The van der Waals surface area contributed by atoms with E-state index in [0.29, 0.717) is 0 Å². The van der Waals surface area contributed by atoms with E-state index >= 15 is 0 Å². The summed E-state index contributed by atoms with van der Waals surface area (Å²) in [7, 11) is -1.28. The molecule has 1 aromatic rings. The van der Waals surface area contributed by atoms with Crippen molar-refractivity contribution in [1.29, 1.82) is 0 Å². The zero-order valence-corrected chi connectivity index (χ0v) is 14.9. The number of carbonyl (C=O) groups is 1. The highest BCUT2D eigenvalue weighted by molar-refractivity contribution is 7.90. The molecule has 0 spiro atoms. The van der Waals surface area contributed by atoms with Crippen LogP contribution in [0.1, 0.15) is 32.0 Å². The maximum absolute atomic E-state index is 12.4. The molecule has 0 saturated heterocycles. The van der Waals surface area contributed by atoms with Crippen molar-refractivity contribution in [2.45, 2.75) is 33.2 Å². The highest BCUT2D eigenvalue weighted by atomic mass is 32.2. The van der Waals surface area contributed by atoms with Crippen molar-refractivity contribution in [1.82, 2.24) is 14.7 Å². The lowest BCUT2D eigenvalue weighted by Crippen LogP contribution is -2.47. The van der Waals surface area contributed by atoms with Gasteiger partial charge < -0.3 is 4.90 Å². The van der Waals surface area contributed by atoms with Gasteiger partial charge in [0.25, 0.3) is 0 Å². The van der Waals surface area contributed by atoms with Gasteiger partial charge >= 0.3 is 0 Å². The van der Waals surface area contributed by atoms with Gasteiger partial charge in [-0.1, -0.05) is 0 Å². The van der Waals surface area contributed by atoms with Crippen LogP contribution >= 0.6 is 0 Å². The third kappa shape index (κ3) is 5.29. The molecule has 124 valence electrons. The zero-order chi connectivity index (χ0) is 17.1. The summed E-state index contributed by atoms with van der Waals surface area (Å²) in [5.41, 5.74) is 1.38. The minimum Gasteiger partial charge on any atom is -0.333 e.